The van der Waals surface area contributed by atoms with Crippen molar-refractivity contribution in [1.82, 2.24) is 4.90 Å². The maximum Gasteiger partial charge on any atom is 0.222 e. The summed E-state index contributed by atoms with van der Waals surface area (Å²) < 4.78 is 0. The summed E-state index contributed by atoms with van der Waals surface area (Å²) in [6.07, 6.45) is 4.02. The summed E-state index contributed by atoms with van der Waals surface area (Å²) in [5, 5.41) is -0.224. The maximum absolute atomic E-state index is 10.6. The number of rotatable bonds is 8. The van der Waals surface area contributed by atoms with Gasteiger partial charge in [-0.2, -0.15) is 0 Å². The van der Waals surface area contributed by atoms with E-state index >= 15 is 0 Å². The Morgan fingerprint density at radius 1 is 1.15 bits per heavy atom. The quantitative estimate of drug-likeness (QED) is 0.568. The van der Waals surface area contributed by atoms with Gasteiger partial charge in [-0.3, -0.25) is 4.79 Å². The number of hydrogen-bond acceptors (Lipinski definition) is 2. The second-order valence-corrected chi connectivity index (χ2v) is 3.72. The molecule has 0 saturated carbocycles. The van der Waals surface area contributed by atoms with Crippen LogP contribution in [0.3, 0.4) is 0 Å². The van der Waals surface area contributed by atoms with E-state index in [-0.39, 0.29) is 5.24 Å². The summed E-state index contributed by atoms with van der Waals surface area (Å²) in [5.41, 5.74) is 0. The predicted molar refractivity (Wildman–Crippen MR) is 57.1 cm³/mol. The number of hydrogen-bond donors (Lipinski definition) is 0. The summed E-state index contributed by atoms with van der Waals surface area (Å²) in [4.78, 5) is 12.9. The van der Waals surface area contributed by atoms with Crippen LogP contribution in [-0.4, -0.2) is 29.8 Å². The first-order valence-corrected chi connectivity index (χ1v) is 5.49. The average Bonchev–Trinajstić information content (AvgIpc) is 2.09. The third-order valence-corrected chi connectivity index (χ3v) is 2.18. The first-order valence-electron chi connectivity index (χ1n) is 5.11. The molecule has 0 aliphatic rings. The zero-order valence-corrected chi connectivity index (χ0v) is 9.44. The highest BCUT2D eigenvalue weighted by atomic mass is 35.5. The molecule has 0 heterocycles. The van der Waals surface area contributed by atoms with Crippen LogP contribution in [0.15, 0.2) is 0 Å². The van der Waals surface area contributed by atoms with Crippen LogP contribution in [0.25, 0.3) is 0 Å². The largest absolute Gasteiger partial charge is 0.303 e. The van der Waals surface area contributed by atoms with E-state index in [2.05, 4.69) is 18.7 Å². The molecule has 0 amide bonds. The standard InChI is InChI=1S/C10H20ClNO/c1-3-5-8-12(7-4-2)9-6-10(11)13/h3-9H2,1-2H3. The minimum absolute atomic E-state index is 0.224. The highest BCUT2D eigenvalue weighted by Crippen LogP contribution is 2.00. The number of carbonyl (C=O) groups is 1. The number of halogens is 1. The minimum atomic E-state index is -0.224. The molecule has 2 nitrogen and oxygen atoms in total. The van der Waals surface area contributed by atoms with Crippen LogP contribution in [0.1, 0.15) is 39.5 Å². The van der Waals surface area contributed by atoms with E-state index in [0.29, 0.717) is 6.42 Å². The van der Waals surface area contributed by atoms with Crippen molar-refractivity contribution in [3.05, 3.63) is 0 Å². The molecule has 0 unspecified atom stereocenters. The van der Waals surface area contributed by atoms with Gasteiger partial charge in [0.25, 0.3) is 0 Å². The molecule has 0 aliphatic heterocycles. The second-order valence-electron chi connectivity index (χ2n) is 3.30. The van der Waals surface area contributed by atoms with Crippen LogP contribution in [0.4, 0.5) is 0 Å². The summed E-state index contributed by atoms with van der Waals surface area (Å²) in [6.45, 7) is 7.31. The fourth-order valence-electron chi connectivity index (χ4n) is 1.28. The lowest BCUT2D eigenvalue weighted by Crippen LogP contribution is -2.27. The average molecular weight is 206 g/mol. The third kappa shape index (κ3) is 8.26. The van der Waals surface area contributed by atoms with Gasteiger partial charge in [0, 0.05) is 13.0 Å². The van der Waals surface area contributed by atoms with E-state index < -0.39 is 0 Å². The Morgan fingerprint density at radius 3 is 2.31 bits per heavy atom. The van der Waals surface area contributed by atoms with Gasteiger partial charge in [0.1, 0.15) is 0 Å². The van der Waals surface area contributed by atoms with Crippen LogP contribution in [0.2, 0.25) is 0 Å². The lowest BCUT2D eigenvalue weighted by Gasteiger charge is -2.20. The fourth-order valence-corrected chi connectivity index (χ4v) is 1.36. The van der Waals surface area contributed by atoms with Gasteiger partial charge >= 0.3 is 0 Å². The van der Waals surface area contributed by atoms with E-state index in [1.165, 1.54) is 12.8 Å². The SMILES string of the molecule is CCCCN(CCC)CCC(=O)Cl. The fraction of sp³-hybridized carbons (Fsp3) is 0.900. The van der Waals surface area contributed by atoms with Crippen LogP contribution in [-0.2, 0) is 4.79 Å². The van der Waals surface area contributed by atoms with E-state index in [0.717, 1.165) is 26.1 Å². The van der Waals surface area contributed by atoms with Gasteiger partial charge in [0.2, 0.25) is 5.24 Å². The topological polar surface area (TPSA) is 20.3 Å². The highest BCUT2D eigenvalue weighted by Gasteiger charge is 2.04. The molecule has 0 spiro atoms. The number of unbranched alkanes of at least 4 members (excludes halogenated alkanes) is 1. The Hall–Kier alpha value is -0.0800. The molecule has 0 rings (SSSR count). The normalized spacial score (nSPS) is 10.8. The number of nitrogens with zero attached hydrogens (tertiary/aromatic N) is 1. The molecule has 0 saturated heterocycles. The summed E-state index contributed by atoms with van der Waals surface area (Å²) in [7, 11) is 0. The van der Waals surface area contributed by atoms with Gasteiger partial charge in [-0.1, -0.05) is 20.3 Å². The molecular weight excluding hydrogens is 186 g/mol. The predicted octanol–water partition coefficient (Wildman–Crippen LogP) is 2.65. The smallest absolute Gasteiger partial charge is 0.222 e. The zero-order chi connectivity index (χ0) is 10.1. The van der Waals surface area contributed by atoms with E-state index in [4.69, 9.17) is 11.6 Å². The van der Waals surface area contributed by atoms with Gasteiger partial charge < -0.3 is 4.90 Å². The minimum Gasteiger partial charge on any atom is -0.303 e. The Labute approximate surface area is 86.2 Å². The lowest BCUT2D eigenvalue weighted by atomic mass is 10.3. The highest BCUT2D eigenvalue weighted by molar-refractivity contribution is 6.63. The Morgan fingerprint density at radius 2 is 1.85 bits per heavy atom. The van der Waals surface area contributed by atoms with Crippen molar-refractivity contribution in [3.8, 4) is 0 Å². The summed E-state index contributed by atoms with van der Waals surface area (Å²) in [5.74, 6) is 0. The Balaban J connectivity index is 3.59. The van der Waals surface area contributed by atoms with E-state index in [9.17, 15) is 4.79 Å². The maximum atomic E-state index is 10.6. The molecule has 0 aromatic heterocycles. The van der Waals surface area contributed by atoms with Crippen molar-refractivity contribution in [1.29, 1.82) is 0 Å². The summed E-state index contributed by atoms with van der Waals surface area (Å²) >= 11 is 5.29. The third-order valence-electron chi connectivity index (χ3n) is 1.99. The van der Waals surface area contributed by atoms with Gasteiger partial charge in [0.15, 0.2) is 0 Å². The lowest BCUT2D eigenvalue weighted by molar-refractivity contribution is -0.112. The zero-order valence-electron chi connectivity index (χ0n) is 8.68. The van der Waals surface area contributed by atoms with Crippen LogP contribution >= 0.6 is 11.6 Å². The molecule has 78 valence electrons. The molecule has 0 radical (unpaired) electrons. The van der Waals surface area contributed by atoms with Crippen molar-refractivity contribution in [2.75, 3.05) is 19.6 Å². The molecule has 0 aliphatic carbocycles. The van der Waals surface area contributed by atoms with E-state index in [1.807, 2.05) is 0 Å². The van der Waals surface area contributed by atoms with Gasteiger partial charge in [0.05, 0.1) is 0 Å². The monoisotopic (exact) mass is 205 g/mol. The first-order chi connectivity index (χ1) is 6.20. The molecule has 13 heavy (non-hydrogen) atoms. The number of carbonyl (C=O) groups excluding carboxylic acids is 1. The Bertz CT molecular complexity index is 139. The van der Waals surface area contributed by atoms with Crippen LogP contribution < -0.4 is 0 Å². The molecule has 0 N–H and O–H groups in total. The van der Waals surface area contributed by atoms with Crippen LogP contribution in [0.5, 0.6) is 0 Å². The molecule has 0 atom stereocenters. The molecule has 0 bridgehead atoms. The van der Waals surface area contributed by atoms with Crippen molar-refractivity contribution >= 4 is 16.8 Å². The first kappa shape index (κ1) is 12.9. The molecular formula is C10H20ClNO. The second kappa shape index (κ2) is 8.52. The van der Waals surface area contributed by atoms with Gasteiger partial charge in [-0.05, 0) is 37.5 Å². The van der Waals surface area contributed by atoms with Gasteiger partial charge in [-0.15, -0.1) is 0 Å². The van der Waals surface area contributed by atoms with Crippen LogP contribution in [0, 0.1) is 0 Å². The van der Waals surface area contributed by atoms with E-state index in [1.54, 1.807) is 0 Å². The molecule has 0 aromatic rings. The molecule has 3 heteroatoms. The molecule has 0 aromatic carbocycles. The van der Waals surface area contributed by atoms with Crippen molar-refractivity contribution in [3.63, 3.8) is 0 Å². The van der Waals surface area contributed by atoms with Crippen molar-refractivity contribution in [2.45, 2.75) is 39.5 Å². The summed E-state index contributed by atoms with van der Waals surface area (Å²) in [6, 6.07) is 0. The van der Waals surface area contributed by atoms with Crippen molar-refractivity contribution < 1.29 is 4.79 Å². The molecule has 0 fully saturated rings. The van der Waals surface area contributed by atoms with Crippen molar-refractivity contribution in [2.24, 2.45) is 0 Å². The van der Waals surface area contributed by atoms with Gasteiger partial charge in [-0.25, -0.2) is 0 Å². The Kier molecular flexibility index (Phi) is 8.46.